The SMILES string of the molecule is NC1CCCC1Nc1cnn(CC(F)(F)F)c(=O)c1Br. The van der Waals surface area contributed by atoms with Crippen molar-refractivity contribution in [1.82, 2.24) is 9.78 Å². The summed E-state index contributed by atoms with van der Waals surface area (Å²) in [5, 5.41) is 6.60. The van der Waals surface area contributed by atoms with Crippen LogP contribution < -0.4 is 16.6 Å². The lowest BCUT2D eigenvalue weighted by molar-refractivity contribution is -0.143. The Bertz CT molecular complexity index is 545. The lowest BCUT2D eigenvalue weighted by atomic mass is 10.2. The Hall–Kier alpha value is -1.09. The Morgan fingerprint density at radius 1 is 1.50 bits per heavy atom. The minimum absolute atomic E-state index is 0.00552. The van der Waals surface area contributed by atoms with Crippen molar-refractivity contribution in [1.29, 1.82) is 0 Å². The molecule has 1 fully saturated rings. The van der Waals surface area contributed by atoms with Gasteiger partial charge in [0, 0.05) is 12.1 Å². The summed E-state index contributed by atoms with van der Waals surface area (Å²) < 4.78 is 37.3. The van der Waals surface area contributed by atoms with Crippen LogP contribution in [-0.2, 0) is 6.54 Å². The highest BCUT2D eigenvalue weighted by molar-refractivity contribution is 9.10. The van der Waals surface area contributed by atoms with Crippen molar-refractivity contribution in [3.8, 4) is 0 Å². The van der Waals surface area contributed by atoms with Crippen LogP contribution in [0.25, 0.3) is 0 Å². The molecule has 0 amide bonds. The maximum atomic E-state index is 12.3. The van der Waals surface area contributed by atoms with Gasteiger partial charge < -0.3 is 11.1 Å². The zero-order valence-corrected chi connectivity index (χ0v) is 12.0. The molecule has 9 heteroatoms. The molecule has 112 valence electrons. The van der Waals surface area contributed by atoms with Gasteiger partial charge >= 0.3 is 6.18 Å². The summed E-state index contributed by atoms with van der Waals surface area (Å²) in [6, 6.07) is -0.0227. The first-order chi connectivity index (χ1) is 9.28. The summed E-state index contributed by atoms with van der Waals surface area (Å²) in [4.78, 5) is 11.8. The average Bonchev–Trinajstić information content (AvgIpc) is 2.73. The molecule has 0 radical (unpaired) electrons. The molecule has 0 spiro atoms. The Morgan fingerprint density at radius 3 is 2.75 bits per heavy atom. The van der Waals surface area contributed by atoms with Crippen molar-refractivity contribution in [3.63, 3.8) is 0 Å². The van der Waals surface area contributed by atoms with Crippen LogP contribution in [0.5, 0.6) is 0 Å². The number of aromatic nitrogens is 2. The largest absolute Gasteiger partial charge is 0.408 e. The van der Waals surface area contributed by atoms with Gasteiger partial charge in [0.05, 0.1) is 11.9 Å². The molecule has 0 saturated heterocycles. The zero-order valence-electron chi connectivity index (χ0n) is 10.5. The molecule has 1 heterocycles. The molecule has 20 heavy (non-hydrogen) atoms. The quantitative estimate of drug-likeness (QED) is 0.868. The Labute approximate surface area is 121 Å². The van der Waals surface area contributed by atoms with E-state index in [0.717, 1.165) is 19.3 Å². The third kappa shape index (κ3) is 3.51. The third-order valence-electron chi connectivity index (χ3n) is 3.22. The van der Waals surface area contributed by atoms with Gasteiger partial charge in [-0.1, -0.05) is 0 Å². The number of nitrogens with two attached hydrogens (primary N) is 1. The van der Waals surface area contributed by atoms with Crippen molar-refractivity contribution in [2.75, 3.05) is 5.32 Å². The van der Waals surface area contributed by atoms with Gasteiger partial charge in [-0.25, -0.2) is 4.68 Å². The fraction of sp³-hybridized carbons (Fsp3) is 0.636. The molecular weight excluding hydrogens is 341 g/mol. The number of hydrogen-bond acceptors (Lipinski definition) is 4. The molecule has 0 bridgehead atoms. The first kappa shape index (κ1) is 15.3. The Kier molecular flexibility index (Phi) is 4.38. The van der Waals surface area contributed by atoms with E-state index in [1.807, 2.05) is 0 Å². The topological polar surface area (TPSA) is 72.9 Å². The second-order valence-electron chi connectivity index (χ2n) is 4.80. The van der Waals surface area contributed by atoms with Crippen molar-refractivity contribution in [2.45, 2.75) is 44.1 Å². The molecule has 0 aliphatic heterocycles. The van der Waals surface area contributed by atoms with Crippen molar-refractivity contribution in [2.24, 2.45) is 5.73 Å². The van der Waals surface area contributed by atoms with Gasteiger partial charge in [0.2, 0.25) is 0 Å². The van der Waals surface area contributed by atoms with E-state index in [9.17, 15) is 18.0 Å². The van der Waals surface area contributed by atoms with Crippen LogP contribution in [0.4, 0.5) is 18.9 Å². The highest BCUT2D eigenvalue weighted by atomic mass is 79.9. The first-order valence-electron chi connectivity index (χ1n) is 6.12. The summed E-state index contributed by atoms with van der Waals surface area (Å²) in [5.74, 6) is 0. The van der Waals surface area contributed by atoms with Gasteiger partial charge in [0.15, 0.2) is 0 Å². The molecule has 1 aromatic rings. The molecule has 2 rings (SSSR count). The molecule has 2 atom stereocenters. The van der Waals surface area contributed by atoms with Crippen LogP contribution in [0, 0.1) is 0 Å². The Balaban J connectivity index is 2.20. The highest BCUT2D eigenvalue weighted by Gasteiger charge is 2.30. The summed E-state index contributed by atoms with van der Waals surface area (Å²) in [7, 11) is 0. The molecule has 1 aliphatic rings. The normalized spacial score (nSPS) is 23.1. The summed E-state index contributed by atoms with van der Waals surface area (Å²) in [6.45, 7) is -1.41. The molecule has 1 saturated carbocycles. The summed E-state index contributed by atoms with van der Waals surface area (Å²) in [5.41, 5.74) is 5.45. The van der Waals surface area contributed by atoms with E-state index in [4.69, 9.17) is 5.73 Å². The van der Waals surface area contributed by atoms with Crippen LogP contribution in [0.1, 0.15) is 19.3 Å². The van der Waals surface area contributed by atoms with E-state index >= 15 is 0 Å². The number of alkyl halides is 3. The lowest BCUT2D eigenvalue weighted by Crippen LogP contribution is -2.36. The Morgan fingerprint density at radius 2 is 2.20 bits per heavy atom. The van der Waals surface area contributed by atoms with Gasteiger partial charge in [-0.05, 0) is 35.2 Å². The van der Waals surface area contributed by atoms with Crippen LogP contribution >= 0.6 is 15.9 Å². The summed E-state index contributed by atoms with van der Waals surface area (Å²) in [6.07, 6.45) is -0.552. The zero-order chi connectivity index (χ0) is 14.9. The van der Waals surface area contributed by atoms with E-state index < -0.39 is 18.3 Å². The smallest absolute Gasteiger partial charge is 0.378 e. The maximum Gasteiger partial charge on any atom is 0.408 e. The number of halogens is 4. The van der Waals surface area contributed by atoms with Gasteiger partial charge in [0.25, 0.3) is 5.56 Å². The van der Waals surface area contributed by atoms with Crippen molar-refractivity contribution >= 4 is 21.6 Å². The molecule has 2 unspecified atom stereocenters. The van der Waals surface area contributed by atoms with Crippen LogP contribution in [-0.4, -0.2) is 28.0 Å². The number of hydrogen-bond donors (Lipinski definition) is 2. The van der Waals surface area contributed by atoms with Crippen LogP contribution in [0.3, 0.4) is 0 Å². The van der Waals surface area contributed by atoms with Crippen LogP contribution in [0.2, 0.25) is 0 Å². The van der Waals surface area contributed by atoms with Gasteiger partial charge in [-0.2, -0.15) is 18.3 Å². The summed E-state index contributed by atoms with van der Waals surface area (Å²) >= 11 is 3.02. The third-order valence-corrected chi connectivity index (χ3v) is 3.99. The predicted octanol–water partition coefficient (Wildman–Crippen LogP) is 1.86. The minimum Gasteiger partial charge on any atom is -0.378 e. The lowest BCUT2D eigenvalue weighted by Gasteiger charge is -2.19. The fourth-order valence-electron chi connectivity index (χ4n) is 2.22. The van der Waals surface area contributed by atoms with E-state index in [1.54, 1.807) is 0 Å². The predicted molar refractivity (Wildman–Crippen MR) is 71.5 cm³/mol. The number of anilines is 1. The highest BCUT2D eigenvalue weighted by Crippen LogP contribution is 2.25. The average molecular weight is 355 g/mol. The van der Waals surface area contributed by atoms with Gasteiger partial charge in [-0.3, -0.25) is 4.79 Å². The van der Waals surface area contributed by atoms with Crippen molar-refractivity contribution in [3.05, 3.63) is 21.0 Å². The van der Waals surface area contributed by atoms with Gasteiger partial charge in [-0.15, -0.1) is 0 Å². The second kappa shape index (κ2) is 5.72. The number of rotatable bonds is 3. The molecule has 5 nitrogen and oxygen atoms in total. The van der Waals surface area contributed by atoms with E-state index in [-0.39, 0.29) is 16.6 Å². The first-order valence-corrected chi connectivity index (χ1v) is 6.92. The second-order valence-corrected chi connectivity index (χ2v) is 5.59. The van der Waals surface area contributed by atoms with Crippen molar-refractivity contribution < 1.29 is 13.2 Å². The standard InChI is InChI=1S/C11H14BrF3N4O/c12-9-8(18-7-3-1-2-6(7)16)4-17-19(10(9)20)5-11(13,14)15/h4,6-7,18H,1-3,5,16H2. The number of nitrogens with zero attached hydrogens (tertiary/aromatic N) is 2. The van der Waals surface area contributed by atoms with E-state index in [2.05, 4.69) is 26.3 Å². The maximum absolute atomic E-state index is 12.3. The van der Waals surface area contributed by atoms with Crippen LogP contribution in [0.15, 0.2) is 15.5 Å². The fourth-order valence-corrected chi connectivity index (χ4v) is 2.64. The molecule has 1 aliphatic carbocycles. The number of nitrogens with one attached hydrogen (secondary N) is 1. The van der Waals surface area contributed by atoms with E-state index in [1.165, 1.54) is 6.20 Å². The molecule has 3 N–H and O–H groups in total. The minimum atomic E-state index is -4.49. The molecular formula is C11H14BrF3N4O. The molecule has 1 aromatic heterocycles. The molecule has 0 aromatic carbocycles. The monoisotopic (exact) mass is 354 g/mol. The van der Waals surface area contributed by atoms with Gasteiger partial charge in [0.1, 0.15) is 11.0 Å². The van der Waals surface area contributed by atoms with E-state index in [0.29, 0.717) is 10.4 Å².